The van der Waals surface area contributed by atoms with Gasteiger partial charge < -0.3 is 10.0 Å². The zero-order valence-electron chi connectivity index (χ0n) is 10.3. The van der Waals surface area contributed by atoms with Crippen LogP contribution in [0.4, 0.5) is 5.69 Å². The lowest BCUT2D eigenvalue weighted by Gasteiger charge is -2.16. The lowest BCUT2D eigenvalue weighted by atomic mass is 10.1. The monoisotopic (exact) mass is 351 g/mol. The van der Waals surface area contributed by atoms with Gasteiger partial charge in [0.25, 0.3) is 0 Å². The summed E-state index contributed by atoms with van der Waals surface area (Å²) in [7, 11) is 0. The van der Waals surface area contributed by atoms with E-state index in [1.54, 1.807) is 28.4 Å². The Bertz CT molecular complexity index is 710. The fourth-order valence-corrected chi connectivity index (χ4v) is 3.75. The van der Waals surface area contributed by atoms with Crippen molar-refractivity contribution in [3.8, 4) is 0 Å². The third kappa shape index (κ3) is 2.36. The summed E-state index contributed by atoms with van der Waals surface area (Å²) in [5.41, 5.74) is 1.81. The van der Waals surface area contributed by atoms with Gasteiger partial charge in [0.05, 0.1) is 22.3 Å². The highest BCUT2D eigenvalue weighted by Crippen LogP contribution is 2.33. The molecule has 20 heavy (non-hydrogen) atoms. The van der Waals surface area contributed by atoms with E-state index >= 15 is 0 Å². The Balaban J connectivity index is 1.92. The number of hydrogen-bond acceptors (Lipinski definition) is 3. The zero-order valence-corrected chi connectivity index (χ0v) is 12.7. The van der Waals surface area contributed by atoms with Crippen LogP contribution >= 0.6 is 27.3 Å². The highest BCUT2D eigenvalue weighted by molar-refractivity contribution is 9.11. The molecule has 1 aromatic carbocycles. The molecule has 0 atom stereocenters. The van der Waals surface area contributed by atoms with Crippen molar-refractivity contribution in [2.24, 2.45) is 0 Å². The van der Waals surface area contributed by atoms with Crippen LogP contribution in [0.2, 0.25) is 0 Å². The number of halogens is 1. The van der Waals surface area contributed by atoms with E-state index in [0.29, 0.717) is 6.54 Å². The largest absolute Gasteiger partial charge is 0.478 e. The predicted octanol–water partition coefficient (Wildman–Crippen LogP) is 3.30. The molecule has 2 heterocycles. The van der Waals surface area contributed by atoms with Crippen molar-refractivity contribution < 1.29 is 14.7 Å². The molecule has 0 unspecified atom stereocenters. The highest BCUT2D eigenvalue weighted by atomic mass is 79.9. The molecule has 0 radical (unpaired) electrons. The van der Waals surface area contributed by atoms with Gasteiger partial charge in [-0.25, -0.2) is 4.79 Å². The molecule has 0 bridgehead atoms. The number of carboxylic acid groups (broad SMARTS) is 1. The second-order valence-electron chi connectivity index (χ2n) is 4.51. The number of benzene rings is 1. The molecule has 4 nitrogen and oxygen atoms in total. The number of hydrogen-bond donors (Lipinski definition) is 1. The quantitative estimate of drug-likeness (QED) is 0.922. The minimum Gasteiger partial charge on any atom is -0.478 e. The van der Waals surface area contributed by atoms with Crippen molar-refractivity contribution in [2.75, 3.05) is 4.90 Å². The van der Waals surface area contributed by atoms with Crippen LogP contribution in [0.25, 0.3) is 0 Å². The number of carbonyl (C=O) groups is 2. The standard InChI is InChI=1S/C14H10BrNO3S/c15-12-4-2-10(20-12)7-16-11-3-1-8(14(18)19)5-9(11)6-13(16)17/h1-5H,6-7H2,(H,18,19). The van der Waals surface area contributed by atoms with Gasteiger partial charge in [-0.1, -0.05) is 0 Å². The SMILES string of the molecule is O=C(O)c1ccc2c(c1)CC(=O)N2Cc1ccc(Br)s1. The molecule has 0 saturated carbocycles. The van der Waals surface area contributed by atoms with Crippen molar-refractivity contribution in [1.82, 2.24) is 0 Å². The lowest BCUT2D eigenvalue weighted by Crippen LogP contribution is -2.25. The molecule has 1 aromatic heterocycles. The molecule has 1 aliphatic heterocycles. The van der Waals surface area contributed by atoms with Crippen molar-refractivity contribution in [3.63, 3.8) is 0 Å². The summed E-state index contributed by atoms with van der Waals surface area (Å²) in [5.74, 6) is -0.965. The van der Waals surface area contributed by atoms with E-state index in [1.807, 2.05) is 12.1 Å². The molecule has 3 rings (SSSR count). The molecule has 0 fully saturated rings. The van der Waals surface area contributed by atoms with E-state index in [0.717, 1.165) is 19.9 Å². The van der Waals surface area contributed by atoms with Crippen LogP contribution in [0, 0.1) is 0 Å². The fourth-order valence-electron chi connectivity index (χ4n) is 2.28. The Hall–Kier alpha value is -1.66. The van der Waals surface area contributed by atoms with Crippen molar-refractivity contribution in [3.05, 3.63) is 50.1 Å². The number of amides is 1. The third-order valence-corrected chi connectivity index (χ3v) is 4.81. The second-order valence-corrected chi connectivity index (χ2v) is 7.06. The van der Waals surface area contributed by atoms with E-state index in [-0.39, 0.29) is 17.9 Å². The number of carboxylic acids is 1. The minimum atomic E-state index is -0.971. The summed E-state index contributed by atoms with van der Waals surface area (Å²) in [6, 6.07) is 8.77. The van der Waals surface area contributed by atoms with E-state index < -0.39 is 5.97 Å². The van der Waals surface area contributed by atoms with Crippen LogP contribution in [0.15, 0.2) is 34.1 Å². The number of carbonyl (C=O) groups excluding carboxylic acids is 1. The van der Waals surface area contributed by atoms with E-state index in [1.165, 1.54) is 6.07 Å². The molecule has 102 valence electrons. The van der Waals surface area contributed by atoms with Gasteiger partial charge in [-0.3, -0.25) is 4.79 Å². The smallest absolute Gasteiger partial charge is 0.335 e. The average molecular weight is 352 g/mol. The number of fused-ring (bicyclic) bond motifs is 1. The number of anilines is 1. The number of rotatable bonds is 3. The molecular formula is C14H10BrNO3S. The maximum atomic E-state index is 12.1. The molecule has 1 amide bonds. The van der Waals surface area contributed by atoms with Gasteiger partial charge in [-0.2, -0.15) is 0 Å². The van der Waals surface area contributed by atoms with Crippen molar-refractivity contribution >= 4 is 44.8 Å². The van der Waals surface area contributed by atoms with Crippen LogP contribution in [-0.4, -0.2) is 17.0 Å². The van der Waals surface area contributed by atoms with Crippen LogP contribution in [-0.2, 0) is 17.8 Å². The average Bonchev–Trinajstić information content (AvgIpc) is 2.94. The fraction of sp³-hybridized carbons (Fsp3) is 0.143. The van der Waals surface area contributed by atoms with Crippen molar-refractivity contribution in [1.29, 1.82) is 0 Å². The molecule has 1 N–H and O–H groups in total. The van der Waals surface area contributed by atoms with Gasteiger partial charge >= 0.3 is 5.97 Å². The van der Waals surface area contributed by atoms with Gasteiger partial charge in [-0.15, -0.1) is 11.3 Å². The molecule has 6 heteroatoms. The molecular weight excluding hydrogens is 342 g/mol. The Morgan fingerprint density at radius 2 is 2.15 bits per heavy atom. The maximum absolute atomic E-state index is 12.1. The second kappa shape index (κ2) is 5.03. The first-order valence-corrected chi connectivity index (χ1v) is 7.56. The minimum absolute atomic E-state index is 0.00654. The van der Waals surface area contributed by atoms with Crippen LogP contribution < -0.4 is 4.90 Å². The van der Waals surface area contributed by atoms with E-state index in [9.17, 15) is 9.59 Å². The first-order valence-electron chi connectivity index (χ1n) is 5.95. The van der Waals surface area contributed by atoms with Gasteiger partial charge in [0.1, 0.15) is 0 Å². The summed E-state index contributed by atoms with van der Waals surface area (Å²) in [6.45, 7) is 0.522. The van der Waals surface area contributed by atoms with Crippen LogP contribution in [0.3, 0.4) is 0 Å². The molecule has 2 aromatic rings. The molecule has 0 saturated heterocycles. The lowest BCUT2D eigenvalue weighted by molar-refractivity contribution is -0.117. The Morgan fingerprint density at radius 3 is 2.80 bits per heavy atom. The van der Waals surface area contributed by atoms with Gasteiger partial charge in [0, 0.05) is 10.6 Å². The van der Waals surface area contributed by atoms with Crippen LogP contribution in [0.1, 0.15) is 20.8 Å². The number of aromatic carboxylic acids is 1. The zero-order chi connectivity index (χ0) is 14.3. The predicted molar refractivity (Wildman–Crippen MR) is 80.3 cm³/mol. The Labute approximate surface area is 127 Å². The van der Waals surface area contributed by atoms with E-state index in [4.69, 9.17) is 5.11 Å². The van der Waals surface area contributed by atoms with E-state index in [2.05, 4.69) is 15.9 Å². The molecule has 1 aliphatic rings. The van der Waals surface area contributed by atoms with Gasteiger partial charge in [0.2, 0.25) is 5.91 Å². The Morgan fingerprint density at radius 1 is 1.35 bits per heavy atom. The summed E-state index contributed by atoms with van der Waals surface area (Å²) in [4.78, 5) is 25.8. The summed E-state index contributed by atoms with van der Waals surface area (Å²) in [5, 5.41) is 8.98. The first-order chi connectivity index (χ1) is 9.54. The highest BCUT2D eigenvalue weighted by Gasteiger charge is 2.28. The number of nitrogens with zero attached hydrogens (tertiary/aromatic N) is 1. The molecule has 0 spiro atoms. The summed E-state index contributed by atoms with van der Waals surface area (Å²) >= 11 is 4.99. The normalized spacial score (nSPS) is 13.7. The summed E-state index contributed by atoms with van der Waals surface area (Å²) < 4.78 is 1.03. The first kappa shape index (κ1) is 13.3. The number of thiophene rings is 1. The van der Waals surface area contributed by atoms with Gasteiger partial charge in [-0.05, 0) is 51.8 Å². The maximum Gasteiger partial charge on any atom is 0.335 e. The van der Waals surface area contributed by atoms with Crippen LogP contribution in [0.5, 0.6) is 0 Å². The van der Waals surface area contributed by atoms with Gasteiger partial charge in [0.15, 0.2) is 0 Å². The third-order valence-electron chi connectivity index (χ3n) is 3.20. The Kier molecular flexibility index (Phi) is 3.35. The summed E-state index contributed by atoms with van der Waals surface area (Å²) in [6.07, 6.45) is 0.267. The molecule has 0 aliphatic carbocycles. The topological polar surface area (TPSA) is 57.6 Å². The van der Waals surface area contributed by atoms with Crippen molar-refractivity contribution in [2.45, 2.75) is 13.0 Å².